The highest BCUT2D eigenvalue weighted by atomic mass is 16.3. The Morgan fingerprint density at radius 2 is 1.44 bits per heavy atom. The van der Waals surface area contributed by atoms with Gasteiger partial charge in [-0.2, -0.15) is 5.21 Å². The van der Waals surface area contributed by atoms with Gasteiger partial charge in [-0.3, -0.25) is 9.59 Å². The average Bonchev–Trinajstić information content (AvgIpc) is 3.54. The summed E-state index contributed by atoms with van der Waals surface area (Å²) in [7, 11) is 0. The van der Waals surface area contributed by atoms with Crippen molar-refractivity contribution in [3.63, 3.8) is 0 Å². The van der Waals surface area contributed by atoms with E-state index in [0.717, 1.165) is 27.5 Å². The Morgan fingerprint density at radius 3 is 2.14 bits per heavy atom. The van der Waals surface area contributed by atoms with Crippen molar-refractivity contribution < 1.29 is 14.7 Å². The number of amides is 2. The van der Waals surface area contributed by atoms with Crippen LogP contribution in [0.2, 0.25) is 0 Å². The summed E-state index contributed by atoms with van der Waals surface area (Å²) in [5.74, 6) is 0.0624. The van der Waals surface area contributed by atoms with Crippen molar-refractivity contribution in [2.75, 3.05) is 10.6 Å². The summed E-state index contributed by atoms with van der Waals surface area (Å²) >= 11 is 0. The molecule has 0 saturated heterocycles. The van der Waals surface area contributed by atoms with Crippen LogP contribution in [0.5, 0.6) is 0 Å². The number of hydrogen-bond acceptors (Lipinski definition) is 6. The SMILES string of the molecule is C=C(O)c1ccc(NC(=O)c2ccc(-c3ccc(NC(=O)c4cccc(Cc5nn[nH]n5)c4)cc3)cc2)c2ccccc12. The van der Waals surface area contributed by atoms with Crippen molar-refractivity contribution in [2.24, 2.45) is 0 Å². The zero-order chi connectivity index (χ0) is 29.8. The molecule has 210 valence electrons. The minimum Gasteiger partial charge on any atom is -0.508 e. The summed E-state index contributed by atoms with van der Waals surface area (Å²) in [6.45, 7) is 3.63. The normalized spacial score (nSPS) is 10.8. The molecule has 43 heavy (non-hydrogen) atoms. The van der Waals surface area contributed by atoms with E-state index < -0.39 is 0 Å². The third kappa shape index (κ3) is 6.01. The Morgan fingerprint density at radius 1 is 0.744 bits per heavy atom. The number of carbonyl (C=O) groups is 2. The molecule has 9 nitrogen and oxygen atoms in total. The van der Waals surface area contributed by atoms with E-state index in [4.69, 9.17) is 0 Å². The molecule has 1 aromatic heterocycles. The molecule has 0 aliphatic heterocycles. The molecule has 0 spiro atoms. The second-order valence-electron chi connectivity index (χ2n) is 9.92. The van der Waals surface area contributed by atoms with E-state index in [0.29, 0.717) is 40.3 Å². The van der Waals surface area contributed by atoms with E-state index >= 15 is 0 Å². The Hall–Kier alpha value is -6.09. The standard InChI is InChI=1S/C34H26N6O3/c1-21(41)28-17-18-31(30-8-3-2-7-29(28)30)36-33(42)25-11-9-23(10-12-25)24-13-15-27(16-14-24)35-34(43)26-6-4-5-22(19-26)20-32-37-39-40-38-32/h2-19,41H,1,20H2,(H,35,43)(H,36,42)(H,37,38,39,40). The van der Waals surface area contributed by atoms with Crippen LogP contribution in [0.1, 0.15) is 37.7 Å². The fraction of sp³-hybridized carbons (Fsp3) is 0.0294. The molecular formula is C34H26N6O3. The third-order valence-corrected chi connectivity index (χ3v) is 7.05. The van der Waals surface area contributed by atoms with E-state index in [-0.39, 0.29) is 17.6 Å². The minimum atomic E-state index is -0.244. The zero-order valence-electron chi connectivity index (χ0n) is 22.9. The van der Waals surface area contributed by atoms with Gasteiger partial charge in [-0.25, -0.2) is 0 Å². The van der Waals surface area contributed by atoms with Gasteiger partial charge < -0.3 is 15.7 Å². The minimum absolute atomic E-state index is 0.0249. The van der Waals surface area contributed by atoms with Gasteiger partial charge in [-0.05, 0) is 70.6 Å². The lowest BCUT2D eigenvalue weighted by Crippen LogP contribution is -2.12. The summed E-state index contributed by atoms with van der Waals surface area (Å²) in [6.07, 6.45) is 0.470. The average molecular weight is 567 g/mol. The zero-order valence-corrected chi connectivity index (χ0v) is 22.9. The van der Waals surface area contributed by atoms with Crippen molar-refractivity contribution in [1.29, 1.82) is 0 Å². The number of aromatic nitrogens is 4. The summed E-state index contributed by atoms with van der Waals surface area (Å²) in [4.78, 5) is 25.9. The molecule has 0 radical (unpaired) electrons. The number of nitrogens with one attached hydrogen (secondary N) is 3. The number of H-pyrrole nitrogens is 1. The van der Waals surface area contributed by atoms with Gasteiger partial charge in [-0.15, -0.1) is 10.2 Å². The van der Waals surface area contributed by atoms with Crippen LogP contribution in [0, 0.1) is 0 Å². The molecule has 1 heterocycles. The molecule has 6 aromatic rings. The quantitative estimate of drug-likeness (QED) is 0.153. The first-order chi connectivity index (χ1) is 20.9. The number of anilines is 2. The monoisotopic (exact) mass is 566 g/mol. The van der Waals surface area contributed by atoms with Crippen LogP contribution < -0.4 is 10.6 Å². The van der Waals surface area contributed by atoms with Crippen LogP contribution >= 0.6 is 0 Å². The van der Waals surface area contributed by atoms with Gasteiger partial charge in [0.2, 0.25) is 0 Å². The van der Waals surface area contributed by atoms with E-state index in [9.17, 15) is 14.7 Å². The maximum absolute atomic E-state index is 13.1. The number of nitrogens with zero attached hydrogens (tertiary/aromatic N) is 3. The molecule has 0 fully saturated rings. The smallest absolute Gasteiger partial charge is 0.255 e. The van der Waals surface area contributed by atoms with Crippen LogP contribution in [0.15, 0.2) is 116 Å². The molecule has 5 aromatic carbocycles. The summed E-state index contributed by atoms with van der Waals surface area (Å²) in [5, 5.41) is 31.4. The van der Waals surface area contributed by atoms with Crippen LogP contribution in [-0.4, -0.2) is 37.5 Å². The second-order valence-corrected chi connectivity index (χ2v) is 9.92. The Bertz CT molecular complexity index is 1950. The Labute approximate surface area is 246 Å². The summed E-state index contributed by atoms with van der Waals surface area (Å²) < 4.78 is 0. The van der Waals surface area contributed by atoms with Crippen LogP contribution in [0.4, 0.5) is 11.4 Å². The molecule has 0 bridgehead atoms. The predicted octanol–water partition coefficient (Wildman–Crippen LogP) is 6.64. The summed E-state index contributed by atoms with van der Waals surface area (Å²) in [5.41, 5.74) is 5.74. The van der Waals surface area contributed by atoms with Gasteiger partial charge in [0.1, 0.15) is 5.76 Å². The van der Waals surface area contributed by atoms with Crippen molar-refractivity contribution in [2.45, 2.75) is 6.42 Å². The number of hydrogen-bond donors (Lipinski definition) is 4. The maximum Gasteiger partial charge on any atom is 0.255 e. The van der Waals surface area contributed by atoms with Crippen molar-refractivity contribution in [1.82, 2.24) is 20.6 Å². The Kier molecular flexibility index (Phi) is 7.43. The molecule has 4 N–H and O–H groups in total. The first-order valence-electron chi connectivity index (χ1n) is 13.5. The number of rotatable bonds is 8. The molecule has 0 aliphatic carbocycles. The number of aromatic amines is 1. The lowest BCUT2D eigenvalue weighted by molar-refractivity contribution is 0.101. The van der Waals surface area contributed by atoms with Crippen molar-refractivity contribution in [3.8, 4) is 11.1 Å². The van der Waals surface area contributed by atoms with Crippen LogP contribution in [0.25, 0.3) is 27.7 Å². The molecular weight excluding hydrogens is 540 g/mol. The van der Waals surface area contributed by atoms with Gasteiger partial charge in [0.25, 0.3) is 11.8 Å². The Balaban J connectivity index is 1.11. The van der Waals surface area contributed by atoms with Crippen molar-refractivity contribution >= 4 is 39.7 Å². The highest BCUT2D eigenvalue weighted by Gasteiger charge is 2.13. The van der Waals surface area contributed by atoms with Gasteiger partial charge in [0.05, 0.1) is 0 Å². The number of benzene rings is 5. The van der Waals surface area contributed by atoms with Crippen molar-refractivity contribution in [3.05, 3.63) is 144 Å². The number of tetrazole rings is 1. The molecule has 0 unspecified atom stereocenters. The van der Waals surface area contributed by atoms with Gasteiger partial charge in [-0.1, -0.05) is 72.5 Å². The van der Waals surface area contributed by atoms with E-state index in [2.05, 4.69) is 37.8 Å². The fourth-order valence-corrected chi connectivity index (χ4v) is 4.88. The van der Waals surface area contributed by atoms with E-state index in [1.165, 1.54) is 0 Å². The maximum atomic E-state index is 13.1. The molecule has 0 saturated carbocycles. The lowest BCUT2D eigenvalue weighted by atomic mass is 10.0. The van der Waals surface area contributed by atoms with Gasteiger partial charge in [0, 0.05) is 39.9 Å². The molecule has 9 heteroatoms. The third-order valence-electron chi connectivity index (χ3n) is 7.05. The molecule has 0 atom stereocenters. The number of carbonyl (C=O) groups excluding carboxylic acids is 2. The van der Waals surface area contributed by atoms with Crippen LogP contribution in [-0.2, 0) is 6.42 Å². The van der Waals surface area contributed by atoms with E-state index in [1.54, 1.807) is 36.4 Å². The highest BCUT2D eigenvalue weighted by molar-refractivity contribution is 6.10. The highest BCUT2D eigenvalue weighted by Crippen LogP contribution is 2.30. The predicted molar refractivity (Wildman–Crippen MR) is 167 cm³/mol. The largest absolute Gasteiger partial charge is 0.508 e. The number of aliphatic hydroxyl groups excluding tert-OH is 1. The van der Waals surface area contributed by atoms with Gasteiger partial charge >= 0.3 is 0 Å². The second kappa shape index (κ2) is 11.8. The van der Waals surface area contributed by atoms with Gasteiger partial charge in [0.15, 0.2) is 5.82 Å². The first kappa shape index (κ1) is 27.1. The fourth-order valence-electron chi connectivity index (χ4n) is 4.88. The molecule has 2 amide bonds. The summed E-state index contributed by atoms with van der Waals surface area (Å²) in [6, 6.07) is 33.1. The number of fused-ring (bicyclic) bond motifs is 1. The topological polar surface area (TPSA) is 133 Å². The molecule has 0 aliphatic rings. The van der Waals surface area contributed by atoms with Crippen LogP contribution in [0.3, 0.4) is 0 Å². The first-order valence-corrected chi connectivity index (χ1v) is 13.5. The number of aliphatic hydroxyl groups is 1. The van der Waals surface area contributed by atoms with E-state index in [1.807, 2.05) is 72.8 Å². The lowest BCUT2D eigenvalue weighted by Gasteiger charge is -2.12. The molecule has 6 rings (SSSR count).